The van der Waals surface area contributed by atoms with Gasteiger partial charge in [0.25, 0.3) is 0 Å². The Labute approximate surface area is 291 Å². The number of aromatic nitrogens is 4. The third-order valence-corrected chi connectivity index (χ3v) is 8.84. The summed E-state index contributed by atoms with van der Waals surface area (Å²) in [5.74, 6) is -21.7. The Morgan fingerprint density at radius 2 is 0.811 bits per heavy atom. The number of nitrogens with zero attached hydrogens (tertiary/aromatic N) is 2. The van der Waals surface area contributed by atoms with E-state index in [9.17, 15) is 26.3 Å². The highest BCUT2D eigenvalue weighted by Gasteiger charge is 2.31. The lowest BCUT2D eigenvalue weighted by Gasteiger charge is -2.10. The molecule has 53 heavy (non-hydrogen) atoms. The molecule has 0 spiro atoms. The van der Waals surface area contributed by atoms with Crippen molar-refractivity contribution in [3.8, 4) is 33.4 Å². The summed E-state index contributed by atoms with van der Waals surface area (Å²) in [5.41, 5.74) is -1.88. The summed E-state index contributed by atoms with van der Waals surface area (Å²) < 4.78 is 149. The van der Waals surface area contributed by atoms with E-state index >= 15 is 17.6 Å². The minimum Gasteiger partial charge on any atom is -0.355 e. The van der Waals surface area contributed by atoms with Crippen molar-refractivity contribution in [1.82, 2.24) is 19.9 Å². The number of fused-ring (bicyclic) bond motifs is 8. The van der Waals surface area contributed by atoms with E-state index < -0.39 is 80.4 Å². The molecule has 5 heterocycles. The number of hydrogen-bond donors (Lipinski definition) is 2. The first kappa shape index (κ1) is 33.7. The Hall–Kier alpha value is -6.44. The second kappa shape index (κ2) is 12.4. The zero-order chi connectivity index (χ0) is 37.5. The van der Waals surface area contributed by atoms with Crippen LogP contribution in [0.3, 0.4) is 0 Å². The molecule has 8 rings (SSSR count). The van der Waals surface area contributed by atoms with Crippen LogP contribution in [0, 0.1) is 65.1 Å². The van der Waals surface area contributed by atoms with E-state index in [1.165, 1.54) is 54.6 Å². The van der Waals surface area contributed by atoms with Crippen LogP contribution >= 0.6 is 0 Å². The van der Waals surface area contributed by atoms with Crippen LogP contribution in [0.1, 0.15) is 28.3 Å². The maximum absolute atomic E-state index is 15.4. The van der Waals surface area contributed by atoms with Crippen LogP contribution in [-0.4, -0.2) is 19.9 Å². The molecule has 0 fully saturated rings. The highest BCUT2D eigenvalue weighted by atomic mass is 19.2. The highest BCUT2D eigenvalue weighted by Crippen LogP contribution is 2.40. The topological polar surface area (TPSA) is 57.4 Å². The van der Waals surface area contributed by atoms with E-state index in [0.717, 1.165) is 5.56 Å². The number of nitrogens with one attached hydrogen (secondary N) is 2. The van der Waals surface area contributed by atoms with Crippen LogP contribution in [0.2, 0.25) is 0 Å². The van der Waals surface area contributed by atoms with Crippen LogP contribution in [0.5, 0.6) is 0 Å². The number of halogens is 10. The molecule has 2 N–H and O–H groups in total. The highest BCUT2D eigenvalue weighted by molar-refractivity contribution is 5.97. The van der Waals surface area contributed by atoms with Crippen molar-refractivity contribution in [1.29, 1.82) is 0 Å². The first-order valence-corrected chi connectivity index (χ1v) is 15.6. The summed E-state index contributed by atoms with van der Waals surface area (Å²) in [6, 6.07) is 13.7. The third-order valence-electron chi connectivity index (χ3n) is 8.84. The van der Waals surface area contributed by atoms with Gasteiger partial charge in [0.2, 0.25) is 11.6 Å². The van der Waals surface area contributed by atoms with E-state index in [4.69, 9.17) is 0 Å². The molecule has 0 aliphatic carbocycles. The van der Waals surface area contributed by atoms with Gasteiger partial charge in [0.15, 0.2) is 46.5 Å². The first-order valence-electron chi connectivity index (χ1n) is 15.6. The van der Waals surface area contributed by atoms with Gasteiger partial charge in [0.05, 0.1) is 33.9 Å². The zero-order valence-corrected chi connectivity index (χ0v) is 26.7. The van der Waals surface area contributed by atoms with Crippen molar-refractivity contribution >= 4 is 46.4 Å². The molecule has 2 aliphatic heterocycles. The lowest BCUT2D eigenvalue weighted by molar-refractivity contribution is 0.381. The molecule has 0 amide bonds. The molecule has 8 bridgehead atoms. The van der Waals surface area contributed by atoms with Gasteiger partial charge in [0, 0.05) is 38.8 Å². The second-order valence-electron chi connectivity index (χ2n) is 12.1. The Bertz CT molecular complexity index is 2670. The van der Waals surface area contributed by atoms with Gasteiger partial charge in [-0.3, -0.25) is 0 Å². The summed E-state index contributed by atoms with van der Waals surface area (Å²) in [7, 11) is 0. The van der Waals surface area contributed by atoms with Crippen LogP contribution in [0.25, 0.3) is 79.8 Å². The third kappa shape index (κ3) is 5.31. The summed E-state index contributed by atoms with van der Waals surface area (Å²) in [5, 5.41) is 0. The van der Waals surface area contributed by atoms with E-state index in [1.54, 1.807) is 24.3 Å². The van der Waals surface area contributed by atoms with Gasteiger partial charge in [0.1, 0.15) is 0 Å². The molecular weight excluding hydrogens is 714 g/mol. The molecule has 0 atom stereocenters. The monoisotopic (exact) mass is 732 g/mol. The largest absolute Gasteiger partial charge is 0.355 e. The fraction of sp³-hybridized carbons (Fsp3) is 0.0256. The van der Waals surface area contributed by atoms with Gasteiger partial charge in [-0.25, -0.2) is 53.9 Å². The average Bonchev–Trinajstić information content (AvgIpc) is 3.99. The molecule has 0 saturated heterocycles. The SMILES string of the molecule is Cc1ccc(-c2c3nc(c(-c4c(F)c(F)c(F)c(F)c4F)c4ccc(cc5nc(c(-c6c(F)c(F)c(F)c(F)c6F)c6ccc2[nH]6)C=C5)[nH]4)C=C3)cc1. The van der Waals surface area contributed by atoms with Gasteiger partial charge in [-0.15, -0.1) is 0 Å². The summed E-state index contributed by atoms with van der Waals surface area (Å²) in [6.07, 6.45) is 5.38. The molecule has 0 saturated carbocycles. The number of aryl methyl sites for hydroxylation is 1. The fourth-order valence-electron chi connectivity index (χ4n) is 6.34. The zero-order valence-electron chi connectivity index (χ0n) is 26.7. The lowest BCUT2D eigenvalue weighted by atomic mass is 10.0. The number of rotatable bonds is 3. The maximum Gasteiger partial charge on any atom is 0.200 e. The van der Waals surface area contributed by atoms with Gasteiger partial charge < -0.3 is 9.97 Å². The molecule has 14 heteroatoms. The number of H-pyrrole nitrogens is 2. The van der Waals surface area contributed by atoms with E-state index in [1.807, 2.05) is 6.92 Å². The van der Waals surface area contributed by atoms with Gasteiger partial charge >= 0.3 is 0 Å². The second-order valence-corrected chi connectivity index (χ2v) is 12.1. The fourth-order valence-corrected chi connectivity index (χ4v) is 6.34. The quantitative estimate of drug-likeness (QED) is 0.108. The molecule has 6 aromatic rings. The van der Waals surface area contributed by atoms with E-state index in [0.29, 0.717) is 5.56 Å². The molecule has 2 aliphatic rings. The van der Waals surface area contributed by atoms with Crippen LogP contribution in [0.15, 0.2) is 54.6 Å². The Morgan fingerprint density at radius 1 is 0.396 bits per heavy atom. The normalized spacial score (nSPS) is 12.3. The predicted molar refractivity (Wildman–Crippen MR) is 179 cm³/mol. The van der Waals surface area contributed by atoms with Crippen molar-refractivity contribution in [3.05, 3.63) is 141 Å². The first-order chi connectivity index (χ1) is 25.3. The molecule has 0 radical (unpaired) electrons. The van der Waals surface area contributed by atoms with Crippen LogP contribution in [-0.2, 0) is 0 Å². The standard InChI is InChI=1S/C39H18F10N4/c1-15-2-4-16(5-3-15)25-19-10-12-23(52-19)26(28-30(40)34(44)38(48)35(45)31(28)41)21-8-6-17(50-21)14-18-7-9-22(51-18)27(24-13-11-20(25)53-24)29-32(42)36(46)39(49)37(47)33(29)43/h2-14,50,53H,1H3. The predicted octanol–water partition coefficient (Wildman–Crippen LogP) is 11.4. The molecule has 3 aromatic heterocycles. The average molecular weight is 733 g/mol. The minimum atomic E-state index is -2.34. The Morgan fingerprint density at radius 3 is 1.36 bits per heavy atom. The molecule has 264 valence electrons. The van der Waals surface area contributed by atoms with E-state index in [2.05, 4.69) is 19.9 Å². The van der Waals surface area contributed by atoms with Gasteiger partial charge in [-0.1, -0.05) is 29.8 Å². The number of hydrogen-bond acceptors (Lipinski definition) is 2. The number of benzene rings is 3. The van der Waals surface area contributed by atoms with E-state index in [-0.39, 0.29) is 50.4 Å². The minimum absolute atomic E-state index is 0.0899. The maximum atomic E-state index is 15.4. The van der Waals surface area contributed by atoms with Crippen molar-refractivity contribution < 1.29 is 43.9 Å². The molecule has 3 aromatic carbocycles. The summed E-state index contributed by atoms with van der Waals surface area (Å²) >= 11 is 0. The molecule has 4 nitrogen and oxygen atoms in total. The van der Waals surface area contributed by atoms with Crippen molar-refractivity contribution in [3.63, 3.8) is 0 Å². The lowest BCUT2D eigenvalue weighted by Crippen LogP contribution is -2.05. The van der Waals surface area contributed by atoms with Crippen molar-refractivity contribution in [2.24, 2.45) is 0 Å². The van der Waals surface area contributed by atoms with Gasteiger partial charge in [-0.05, 0) is 67.1 Å². The smallest absolute Gasteiger partial charge is 0.200 e. The van der Waals surface area contributed by atoms with Gasteiger partial charge in [-0.2, -0.15) is 0 Å². The summed E-state index contributed by atoms with van der Waals surface area (Å²) in [4.78, 5) is 14.8. The summed E-state index contributed by atoms with van der Waals surface area (Å²) in [6.45, 7) is 1.82. The molecule has 0 unspecified atom stereocenters. The number of aromatic amines is 2. The molecular formula is C39H18F10N4. The van der Waals surface area contributed by atoms with Crippen LogP contribution in [0.4, 0.5) is 43.9 Å². The van der Waals surface area contributed by atoms with Crippen molar-refractivity contribution in [2.45, 2.75) is 6.92 Å². The van der Waals surface area contributed by atoms with Crippen LogP contribution < -0.4 is 0 Å². The van der Waals surface area contributed by atoms with Crippen molar-refractivity contribution in [2.75, 3.05) is 0 Å². The Kier molecular flexibility index (Phi) is 7.86. The Balaban J connectivity index is 1.57.